The summed E-state index contributed by atoms with van der Waals surface area (Å²) in [5.74, 6) is 0.680. The molecule has 2 rings (SSSR count). The molecule has 1 aromatic carbocycles. The molecular weight excluding hydrogens is 224 g/mol. The molecule has 0 spiro atoms. The van der Waals surface area contributed by atoms with E-state index in [0.29, 0.717) is 5.92 Å². The van der Waals surface area contributed by atoms with Crippen LogP contribution in [0.2, 0.25) is 0 Å². The van der Waals surface area contributed by atoms with E-state index in [1.807, 2.05) is 0 Å². The molecule has 1 aromatic rings. The minimum Gasteiger partial charge on any atom is -0.384 e. The molecule has 0 aromatic heterocycles. The first-order chi connectivity index (χ1) is 8.83. The Kier molecular flexibility index (Phi) is 4.79. The lowest BCUT2D eigenvalue weighted by Gasteiger charge is -2.38. The molecule has 0 heterocycles. The van der Waals surface area contributed by atoms with Crippen molar-refractivity contribution in [2.45, 2.75) is 31.1 Å². The number of hydrogen-bond acceptors (Lipinski definition) is 2. The first-order valence-corrected chi connectivity index (χ1v) is 6.87. The fourth-order valence-corrected chi connectivity index (χ4v) is 3.44. The lowest BCUT2D eigenvalue weighted by molar-refractivity contribution is 0.0259. The van der Waals surface area contributed by atoms with E-state index in [-0.39, 0.29) is 5.41 Å². The molecule has 0 aliphatic heterocycles. The van der Waals surface area contributed by atoms with E-state index in [1.165, 1.54) is 31.2 Å². The number of methoxy groups -OCH3 is 2. The summed E-state index contributed by atoms with van der Waals surface area (Å²) < 4.78 is 11.1. The third-order valence-electron chi connectivity index (χ3n) is 4.29. The second kappa shape index (κ2) is 6.35. The Hall–Kier alpha value is -0.860. The minimum atomic E-state index is 0.0290. The molecular formula is C16H24O2. The maximum Gasteiger partial charge on any atom is 0.0584 e. The van der Waals surface area contributed by atoms with E-state index < -0.39 is 0 Å². The van der Waals surface area contributed by atoms with Gasteiger partial charge in [-0.3, -0.25) is 0 Å². The zero-order chi connectivity index (χ0) is 12.8. The monoisotopic (exact) mass is 248 g/mol. The Morgan fingerprint density at radius 1 is 1.00 bits per heavy atom. The maximum absolute atomic E-state index is 5.55. The van der Waals surface area contributed by atoms with Crippen LogP contribution in [-0.2, 0) is 14.9 Å². The summed E-state index contributed by atoms with van der Waals surface area (Å²) in [6.45, 7) is 1.49. The van der Waals surface area contributed by atoms with Gasteiger partial charge in [-0.05, 0) is 24.3 Å². The topological polar surface area (TPSA) is 18.5 Å². The lowest BCUT2D eigenvalue weighted by atomic mass is 9.70. The Morgan fingerprint density at radius 3 is 2.06 bits per heavy atom. The van der Waals surface area contributed by atoms with Gasteiger partial charge in [0.2, 0.25) is 0 Å². The van der Waals surface area contributed by atoms with Gasteiger partial charge in [-0.15, -0.1) is 0 Å². The highest BCUT2D eigenvalue weighted by molar-refractivity contribution is 5.27. The SMILES string of the molecule is COCC(COC)(c1ccccc1)C1CCCC1. The number of hydrogen-bond donors (Lipinski definition) is 0. The van der Waals surface area contributed by atoms with Gasteiger partial charge in [-0.25, -0.2) is 0 Å². The Labute approximate surface area is 110 Å². The van der Waals surface area contributed by atoms with Crippen molar-refractivity contribution in [3.05, 3.63) is 35.9 Å². The van der Waals surface area contributed by atoms with Crippen LogP contribution >= 0.6 is 0 Å². The van der Waals surface area contributed by atoms with Crippen molar-refractivity contribution in [2.75, 3.05) is 27.4 Å². The van der Waals surface area contributed by atoms with Crippen LogP contribution < -0.4 is 0 Å². The van der Waals surface area contributed by atoms with Gasteiger partial charge in [0.15, 0.2) is 0 Å². The van der Waals surface area contributed by atoms with Crippen LogP contribution in [0.3, 0.4) is 0 Å². The summed E-state index contributed by atoms with van der Waals surface area (Å²) in [6, 6.07) is 10.7. The van der Waals surface area contributed by atoms with Crippen molar-refractivity contribution < 1.29 is 9.47 Å². The van der Waals surface area contributed by atoms with Gasteiger partial charge < -0.3 is 9.47 Å². The average molecular weight is 248 g/mol. The van der Waals surface area contributed by atoms with Gasteiger partial charge in [0, 0.05) is 19.6 Å². The molecule has 1 fully saturated rings. The van der Waals surface area contributed by atoms with Crippen molar-refractivity contribution >= 4 is 0 Å². The molecule has 0 bridgehead atoms. The van der Waals surface area contributed by atoms with Crippen molar-refractivity contribution in [3.63, 3.8) is 0 Å². The third-order valence-corrected chi connectivity index (χ3v) is 4.29. The zero-order valence-corrected chi connectivity index (χ0v) is 11.5. The highest BCUT2D eigenvalue weighted by Crippen LogP contribution is 2.42. The summed E-state index contributed by atoms with van der Waals surface area (Å²) in [7, 11) is 3.59. The fourth-order valence-electron chi connectivity index (χ4n) is 3.44. The van der Waals surface area contributed by atoms with Gasteiger partial charge >= 0.3 is 0 Å². The number of rotatable bonds is 6. The summed E-state index contributed by atoms with van der Waals surface area (Å²) in [6.07, 6.45) is 5.27. The molecule has 0 unspecified atom stereocenters. The molecule has 2 nitrogen and oxygen atoms in total. The van der Waals surface area contributed by atoms with Gasteiger partial charge in [0.05, 0.1) is 13.2 Å². The molecule has 2 heteroatoms. The molecule has 1 saturated carbocycles. The van der Waals surface area contributed by atoms with E-state index in [4.69, 9.17) is 9.47 Å². The predicted octanol–water partition coefficient (Wildman–Crippen LogP) is 3.41. The third kappa shape index (κ3) is 2.60. The second-order valence-corrected chi connectivity index (χ2v) is 5.37. The van der Waals surface area contributed by atoms with E-state index >= 15 is 0 Å². The summed E-state index contributed by atoms with van der Waals surface area (Å²) >= 11 is 0. The van der Waals surface area contributed by atoms with E-state index in [9.17, 15) is 0 Å². The quantitative estimate of drug-likeness (QED) is 0.768. The molecule has 0 radical (unpaired) electrons. The highest BCUT2D eigenvalue weighted by Gasteiger charge is 2.41. The summed E-state index contributed by atoms with van der Waals surface area (Å²) in [5, 5.41) is 0. The molecule has 1 aliphatic rings. The Morgan fingerprint density at radius 2 is 1.56 bits per heavy atom. The first kappa shape index (κ1) is 13.6. The van der Waals surface area contributed by atoms with Crippen LogP contribution in [0.25, 0.3) is 0 Å². The van der Waals surface area contributed by atoms with E-state index in [0.717, 1.165) is 13.2 Å². The smallest absolute Gasteiger partial charge is 0.0584 e. The van der Waals surface area contributed by atoms with E-state index in [2.05, 4.69) is 30.3 Å². The van der Waals surface area contributed by atoms with Gasteiger partial charge in [0.1, 0.15) is 0 Å². The van der Waals surface area contributed by atoms with Crippen molar-refractivity contribution in [3.8, 4) is 0 Å². The highest BCUT2D eigenvalue weighted by atomic mass is 16.5. The summed E-state index contributed by atoms with van der Waals surface area (Å²) in [4.78, 5) is 0. The molecule has 0 amide bonds. The molecule has 18 heavy (non-hydrogen) atoms. The summed E-state index contributed by atoms with van der Waals surface area (Å²) in [5.41, 5.74) is 1.39. The number of benzene rings is 1. The Balaban J connectivity index is 2.35. The molecule has 0 atom stereocenters. The van der Waals surface area contributed by atoms with Gasteiger partial charge in [-0.1, -0.05) is 43.2 Å². The van der Waals surface area contributed by atoms with Crippen molar-refractivity contribution in [2.24, 2.45) is 5.92 Å². The second-order valence-electron chi connectivity index (χ2n) is 5.37. The standard InChI is InChI=1S/C16H24O2/c1-17-12-16(13-18-2,15-10-6-7-11-15)14-8-4-3-5-9-14/h3-5,8-9,15H,6-7,10-13H2,1-2H3. The molecule has 1 aliphatic carbocycles. The van der Waals surface area contributed by atoms with Crippen LogP contribution in [0.4, 0.5) is 0 Å². The first-order valence-electron chi connectivity index (χ1n) is 6.87. The zero-order valence-electron chi connectivity index (χ0n) is 11.5. The largest absolute Gasteiger partial charge is 0.384 e. The van der Waals surface area contributed by atoms with Crippen LogP contribution in [-0.4, -0.2) is 27.4 Å². The fraction of sp³-hybridized carbons (Fsp3) is 0.625. The molecule has 0 saturated heterocycles. The van der Waals surface area contributed by atoms with Crippen LogP contribution in [0.5, 0.6) is 0 Å². The lowest BCUT2D eigenvalue weighted by Crippen LogP contribution is -2.42. The van der Waals surface area contributed by atoms with Crippen molar-refractivity contribution in [1.82, 2.24) is 0 Å². The maximum atomic E-state index is 5.55. The predicted molar refractivity (Wildman–Crippen MR) is 73.8 cm³/mol. The molecule has 100 valence electrons. The van der Waals surface area contributed by atoms with Crippen LogP contribution in [0.1, 0.15) is 31.2 Å². The van der Waals surface area contributed by atoms with Crippen molar-refractivity contribution in [1.29, 1.82) is 0 Å². The average Bonchev–Trinajstić information content (AvgIpc) is 2.94. The van der Waals surface area contributed by atoms with Crippen LogP contribution in [0.15, 0.2) is 30.3 Å². The Bertz CT molecular complexity index is 335. The normalized spacial score (nSPS) is 17.2. The molecule has 0 N–H and O–H groups in total. The minimum absolute atomic E-state index is 0.0290. The van der Waals surface area contributed by atoms with Gasteiger partial charge in [-0.2, -0.15) is 0 Å². The number of ether oxygens (including phenoxy) is 2. The van der Waals surface area contributed by atoms with E-state index in [1.54, 1.807) is 14.2 Å². The van der Waals surface area contributed by atoms with Gasteiger partial charge in [0.25, 0.3) is 0 Å². The van der Waals surface area contributed by atoms with Crippen LogP contribution in [0, 0.1) is 5.92 Å².